The average Bonchev–Trinajstić information content (AvgIpc) is 2.40. The Bertz CT molecular complexity index is 504. The normalized spacial score (nSPS) is 11.8. The third-order valence-electron chi connectivity index (χ3n) is 2.57. The van der Waals surface area contributed by atoms with Crippen molar-refractivity contribution in [1.29, 1.82) is 0 Å². The van der Waals surface area contributed by atoms with Crippen molar-refractivity contribution < 1.29 is 8.42 Å². The molecular weight excluding hydrogens is 389 g/mol. The van der Waals surface area contributed by atoms with Crippen molar-refractivity contribution in [2.45, 2.75) is 24.7 Å². The molecule has 5 nitrogen and oxygen atoms in total. The van der Waals surface area contributed by atoms with Crippen LogP contribution >= 0.6 is 24.0 Å². The van der Waals surface area contributed by atoms with Gasteiger partial charge in [-0.3, -0.25) is 4.99 Å². The van der Waals surface area contributed by atoms with Gasteiger partial charge >= 0.3 is 0 Å². The van der Waals surface area contributed by atoms with Gasteiger partial charge in [-0.05, 0) is 18.6 Å². The first kappa shape index (κ1) is 19.2. The first-order valence-electron chi connectivity index (χ1n) is 6.38. The molecule has 7 heteroatoms. The fourth-order valence-corrected chi connectivity index (χ4v) is 2.65. The monoisotopic (exact) mass is 411 g/mol. The van der Waals surface area contributed by atoms with Gasteiger partial charge in [0.15, 0.2) is 15.8 Å². The molecule has 0 atom stereocenters. The highest BCUT2D eigenvalue weighted by atomic mass is 127. The van der Waals surface area contributed by atoms with Gasteiger partial charge in [-0.1, -0.05) is 31.5 Å². The molecule has 0 saturated carbocycles. The van der Waals surface area contributed by atoms with Gasteiger partial charge in [-0.15, -0.1) is 24.0 Å². The standard InChI is InChI=1S/C13H21N3O2S.HI/c1-2-3-9-15-13(14)16-10-11-19(17,18)12-7-5-4-6-8-12;/h4-8H,2-3,9-11H2,1H3,(H3,14,15,16);1H. The molecule has 0 amide bonds. The molecule has 0 fully saturated rings. The number of unbranched alkanes of at least 4 members (excludes halogenated alkanes) is 1. The summed E-state index contributed by atoms with van der Waals surface area (Å²) in [5, 5.41) is 2.82. The number of sulfone groups is 1. The van der Waals surface area contributed by atoms with Crippen molar-refractivity contribution in [2.24, 2.45) is 10.7 Å². The summed E-state index contributed by atoms with van der Waals surface area (Å²) in [6.07, 6.45) is 2.03. The Morgan fingerprint density at radius 2 is 1.95 bits per heavy atom. The molecule has 0 spiro atoms. The lowest BCUT2D eigenvalue weighted by atomic mass is 10.3. The zero-order chi connectivity index (χ0) is 14.1. The second-order valence-corrected chi connectivity index (χ2v) is 6.29. The van der Waals surface area contributed by atoms with E-state index in [1.165, 1.54) is 0 Å². The lowest BCUT2D eigenvalue weighted by molar-refractivity contribution is 0.594. The van der Waals surface area contributed by atoms with E-state index in [-0.39, 0.29) is 36.3 Å². The van der Waals surface area contributed by atoms with E-state index < -0.39 is 9.84 Å². The van der Waals surface area contributed by atoms with E-state index in [9.17, 15) is 8.42 Å². The molecule has 0 aromatic heterocycles. The van der Waals surface area contributed by atoms with Gasteiger partial charge in [-0.2, -0.15) is 0 Å². The second-order valence-electron chi connectivity index (χ2n) is 4.18. The molecule has 0 heterocycles. The average molecular weight is 411 g/mol. The van der Waals surface area contributed by atoms with Crippen LogP contribution in [-0.4, -0.2) is 33.2 Å². The largest absolute Gasteiger partial charge is 0.370 e. The van der Waals surface area contributed by atoms with Gasteiger partial charge in [0.05, 0.1) is 10.6 Å². The summed E-state index contributed by atoms with van der Waals surface area (Å²) in [5.74, 6) is 0.304. The number of hydrogen-bond donors (Lipinski definition) is 2. The second kappa shape index (κ2) is 9.98. The number of nitrogens with two attached hydrogens (primary N) is 1. The quantitative estimate of drug-likeness (QED) is 0.310. The lowest BCUT2D eigenvalue weighted by Crippen LogP contribution is -2.35. The van der Waals surface area contributed by atoms with Crippen LogP contribution in [0.4, 0.5) is 0 Å². The summed E-state index contributed by atoms with van der Waals surface area (Å²) >= 11 is 0. The predicted molar refractivity (Wildman–Crippen MR) is 93.3 cm³/mol. The van der Waals surface area contributed by atoms with Crippen LogP contribution in [-0.2, 0) is 9.84 Å². The number of nitrogens with one attached hydrogen (secondary N) is 1. The number of rotatable bonds is 7. The third kappa shape index (κ3) is 7.09. The predicted octanol–water partition coefficient (Wildman–Crippen LogP) is 1.78. The molecule has 3 N–H and O–H groups in total. The van der Waals surface area contributed by atoms with Crippen molar-refractivity contribution in [3.63, 3.8) is 0 Å². The zero-order valence-corrected chi connectivity index (χ0v) is 14.7. The summed E-state index contributed by atoms with van der Waals surface area (Å²) in [6.45, 7) is 3.00. The summed E-state index contributed by atoms with van der Waals surface area (Å²) in [7, 11) is -3.25. The smallest absolute Gasteiger partial charge is 0.188 e. The van der Waals surface area contributed by atoms with E-state index in [4.69, 9.17) is 5.73 Å². The molecule has 0 aliphatic rings. The number of halogens is 1. The molecule has 0 unspecified atom stereocenters. The van der Waals surface area contributed by atoms with Crippen LogP contribution in [0.25, 0.3) is 0 Å². The van der Waals surface area contributed by atoms with Crippen molar-refractivity contribution in [3.05, 3.63) is 30.3 Å². The van der Waals surface area contributed by atoms with Crippen LogP contribution in [0, 0.1) is 0 Å². The number of benzene rings is 1. The van der Waals surface area contributed by atoms with E-state index in [0.717, 1.165) is 12.8 Å². The van der Waals surface area contributed by atoms with E-state index >= 15 is 0 Å². The minimum absolute atomic E-state index is 0. The summed E-state index contributed by atoms with van der Waals surface area (Å²) in [5.41, 5.74) is 5.63. The van der Waals surface area contributed by atoms with Gasteiger partial charge in [-0.25, -0.2) is 8.42 Å². The van der Waals surface area contributed by atoms with Crippen LogP contribution in [0.15, 0.2) is 40.2 Å². The van der Waals surface area contributed by atoms with Crippen molar-refractivity contribution in [1.82, 2.24) is 5.32 Å². The molecule has 1 rings (SSSR count). The Balaban J connectivity index is 0.00000361. The summed E-state index contributed by atoms with van der Waals surface area (Å²) in [4.78, 5) is 4.43. The lowest BCUT2D eigenvalue weighted by Gasteiger charge is -2.06. The fourth-order valence-electron chi connectivity index (χ4n) is 1.47. The van der Waals surface area contributed by atoms with E-state index in [1.807, 2.05) is 0 Å². The topological polar surface area (TPSA) is 84.5 Å². The number of guanidine groups is 1. The van der Waals surface area contributed by atoms with Crippen LogP contribution in [0.2, 0.25) is 0 Å². The number of hydrogen-bond acceptors (Lipinski definition) is 3. The van der Waals surface area contributed by atoms with Gasteiger partial charge in [0.1, 0.15) is 0 Å². The Kier molecular flexibility index (Phi) is 9.56. The Morgan fingerprint density at radius 3 is 2.55 bits per heavy atom. The highest BCUT2D eigenvalue weighted by Gasteiger charge is 2.12. The van der Waals surface area contributed by atoms with Crippen molar-refractivity contribution >= 4 is 39.8 Å². The maximum absolute atomic E-state index is 12.0. The first-order chi connectivity index (χ1) is 9.06. The van der Waals surface area contributed by atoms with Crippen LogP contribution in [0.3, 0.4) is 0 Å². The van der Waals surface area contributed by atoms with Crippen molar-refractivity contribution in [3.8, 4) is 0 Å². The Labute approximate surface area is 138 Å². The molecule has 20 heavy (non-hydrogen) atoms. The molecule has 1 aromatic rings. The Morgan fingerprint density at radius 1 is 1.30 bits per heavy atom. The highest BCUT2D eigenvalue weighted by Crippen LogP contribution is 2.08. The highest BCUT2D eigenvalue weighted by molar-refractivity contribution is 14.0. The fraction of sp³-hybridized carbons (Fsp3) is 0.462. The van der Waals surface area contributed by atoms with Gasteiger partial charge in [0.2, 0.25) is 0 Å². The van der Waals surface area contributed by atoms with Crippen LogP contribution in [0.5, 0.6) is 0 Å². The number of nitrogens with zero attached hydrogens (tertiary/aromatic N) is 1. The van der Waals surface area contributed by atoms with Crippen molar-refractivity contribution in [2.75, 3.05) is 18.8 Å². The maximum atomic E-state index is 12.0. The molecule has 0 saturated heterocycles. The molecule has 0 aliphatic heterocycles. The molecule has 0 aliphatic carbocycles. The maximum Gasteiger partial charge on any atom is 0.188 e. The van der Waals surface area contributed by atoms with Crippen LogP contribution < -0.4 is 11.1 Å². The Hall–Kier alpha value is -0.830. The molecule has 114 valence electrons. The zero-order valence-electron chi connectivity index (χ0n) is 11.6. The first-order valence-corrected chi connectivity index (χ1v) is 8.03. The minimum atomic E-state index is -3.25. The van der Waals surface area contributed by atoms with Crippen LogP contribution in [0.1, 0.15) is 19.8 Å². The molecule has 1 aromatic carbocycles. The molecular formula is C13H22IN3O2S. The van der Waals surface area contributed by atoms with Gasteiger partial charge in [0, 0.05) is 13.1 Å². The van der Waals surface area contributed by atoms with E-state index in [2.05, 4.69) is 17.2 Å². The SMILES string of the molecule is CCCCN=C(N)NCCS(=O)(=O)c1ccccc1.I. The number of aliphatic imine (C=N–C) groups is 1. The van der Waals surface area contributed by atoms with E-state index in [0.29, 0.717) is 17.4 Å². The third-order valence-corrected chi connectivity index (χ3v) is 4.31. The van der Waals surface area contributed by atoms with E-state index in [1.54, 1.807) is 30.3 Å². The summed E-state index contributed by atoms with van der Waals surface area (Å²) in [6, 6.07) is 8.39. The van der Waals surface area contributed by atoms with Gasteiger partial charge < -0.3 is 11.1 Å². The minimum Gasteiger partial charge on any atom is -0.370 e. The molecule has 0 bridgehead atoms. The summed E-state index contributed by atoms with van der Waals surface area (Å²) < 4.78 is 23.9. The van der Waals surface area contributed by atoms with Gasteiger partial charge in [0.25, 0.3) is 0 Å². The molecule has 0 radical (unpaired) electrons.